The summed E-state index contributed by atoms with van der Waals surface area (Å²) in [4.78, 5) is 12.5. The Morgan fingerprint density at radius 2 is 2.26 bits per heavy atom. The van der Waals surface area contributed by atoms with Crippen molar-refractivity contribution >= 4 is 28.8 Å². The fourth-order valence-corrected chi connectivity index (χ4v) is 2.62. The van der Waals surface area contributed by atoms with Crippen molar-refractivity contribution in [1.82, 2.24) is 5.32 Å². The zero-order valence-electron chi connectivity index (χ0n) is 10.4. The number of aliphatic hydroxyl groups is 1. The van der Waals surface area contributed by atoms with E-state index < -0.39 is 6.10 Å². The van der Waals surface area contributed by atoms with Crippen LogP contribution in [0, 0.1) is 0 Å². The number of aliphatic hydroxyl groups excluding tert-OH is 1. The first kappa shape index (κ1) is 14.1. The van der Waals surface area contributed by atoms with Crippen molar-refractivity contribution in [2.24, 2.45) is 0 Å². The zero-order chi connectivity index (χ0) is 13.8. The summed E-state index contributed by atoms with van der Waals surface area (Å²) in [7, 11) is 0. The Labute approximate surface area is 120 Å². The number of hydrogen-bond donors (Lipinski definition) is 2. The molecule has 19 heavy (non-hydrogen) atoms. The van der Waals surface area contributed by atoms with Crippen LogP contribution in [0.2, 0.25) is 4.34 Å². The number of amides is 1. The number of aryl methyl sites for hydroxylation is 1. The molecule has 0 aliphatic rings. The van der Waals surface area contributed by atoms with Gasteiger partial charge in [0.2, 0.25) is 0 Å². The van der Waals surface area contributed by atoms with Crippen molar-refractivity contribution in [2.45, 2.75) is 19.4 Å². The molecule has 2 rings (SSSR count). The van der Waals surface area contributed by atoms with Crippen molar-refractivity contribution in [3.63, 3.8) is 0 Å². The molecule has 0 aliphatic heterocycles. The maximum absolute atomic E-state index is 11.8. The van der Waals surface area contributed by atoms with Gasteiger partial charge >= 0.3 is 0 Å². The molecule has 102 valence electrons. The minimum Gasteiger partial charge on any atom is -0.456 e. The summed E-state index contributed by atoms with van der Waals surface area (Å²) in [6.45, 7) is 2.07. The van der Waals surface area contributed by atoms with E-state index in [1.54, 1.807) is 24.3 Å². The molecule has 0 spiro atoms. The maximum atomic E-state index is 11.8. The van der Waals surface area contributed by atoms with Gasteiger partial charge in [0.05, 0.1) is 4.34 Å². The molecule has 1 atom stereocenters. The molecule has 2 heterocycles. The van der Waals surface area contributed by atoms with Crippen LogP contribution in [0.4, 0.5) is 0 Å². The fraction of sp³-hybridized carbons (Fsp3) is 0.308. The van der Waals surface area contributed by atoms with E-state index in [1.807, 2.05) is 6.92 Å². The van der Waals surface area contributed by atoms with Crippen LogP contribution in [-0.4, -0.2) is 17.6 Å². The van der Waals surface area contributed by atoms with Crippen molar-refractivity contribution < 1.29 is 14.3 Å². The lowest BCUT2D eigenvalue weighted by Gasteiger charge is -2.09. The summed E-state index contributed by atoms with van der Waals surface area (Å²) in [5.74, 6) is 0.686. The molecule has 0 radical (unpaired) electrons. The van der Waals surface area contributed by atoms with E-state index in [-0.39, 0.29) is 18.2 Å². The zero-order valence-corrected chi connectivity index (χ0v) is 11.9. The topological polar surface area (TPSA) is 62.5 Å². The van der Waals surface area contributed by atoms with Crippen LogP contribution in [0.3, 0.4) is 0 Å². The fourth-order valence-electron chi connectivity index (χ4n) is 1.57. The summed E-state index contributed by atoms with van der Waals surface area (Å²) in [5, 5.41) is 12.5. The number of rotatable bonds is 5. The molecule has 0 saturated carbocycles. The van der Waals surface area contributed by atoms with E-state index in [0.717, 1.165) is 17.1 Å². The molecule has 0 aromatic carbocycles. The highest BCUT2D eigenvalue weighted by molar-refractivity contribution is 7.16. The molecule has 2 aromatic heterocycles. The van der Waals surface area contributed by atoms with Crippen LogP contribution in [-0.2, 0) is 6.42 Å². The molecule has 1 unspecified atom stereocenters. The van der Waals surface area contributed by atoms with Gasteiger partial charge in [-0.3, -0.25) is 4.79 Å². The second-order valence-corrected chi connectivity index (χ2v) is 5.73. The Morgan fingerprint density at radius 1 is 1.47 bits per heavy atom. The SMILES string of the molecule is CCc1ccc(C(=O)NCC(O)c2ccc(Cl)s2)o1. The standard InChI is InChI=1S/C13H14ClNO3S/c1-2-8-3-4-10(18-8)13(17)15-7-9(16)11-5-6-12(14)19-11/h3-6,9,16H,2,7H2,1H3,(H,15,17). The van der Waals surface area contributed by atoms with Gasteiger partial charge in [-0.2, -0.15) is 0 Å². The van der Waals surface area contributed by atoms with Crippen LogP contribution >= 0.6 is 22.9 Å². The summed E-state index contributed by atoms with van der Waals surface area (Å²) < 4.78 is 5.93. The van der Waals surface area contributed by atoms with Crippen LogP contribution in [0.1, 0.15) is 34.2 Å². The summed E-state index contributed by atoms with van der Waals surface area (Å²) in [6.07, 6.45) is -0.0223. The number of hydrogen-bond acceptors (Lipinski definition) is 4. The lowest BCUT2D eigenvalue weighted by atomic mass is 10.3. The third-order valence-electron chi connectivity index (χ3n) is 2.61. The highest BCUT2D eigenvalue weighted by Gasteiger charge is 2.14. The predicted molar refractivity (Wildman–Crippen MR) is 74.7 cm³/mol. The average Bonchev–Trinajstić information content (AvgIpc) is 3.04. The van der Waals surface area contributed by atoms with Gasteiger partial charge in [0.1, 0.15) is 11.9 Å². The van der Waals surface area contributed by atoms with Gasteiger partial charge in [-0.05, 0) is 24.3 Å². The molecule has 2 aromatic rings. The van der Waals surface area contributed by atoms with E-state index in [1.165, 1.54) is 11.3 Å². The number of furan rings is 1. The van der Waals surface area contributed by atoms with Crippen LogP contribution < -0.4 is 5.32 Å². The highest BCUT2D eigenvalue weighted by atomic mass is 35.5. The lowest BCUT2D eigenvalue weighted by Crippen LogP contribution is -2.27. The largest absolute Gasteiger partial charge is 0.456 e. The van der Waals surface area contributed by atoms with Gasteiger partial charge in [0.25, 0.3) is 5.91 Å². The van der Waals surface area contributed by atoms with Gasteiger partial charge in [-0.15, -0.1) is 11.3 Å². The normalized spacial score (nSPS) is 12.4. The van der Waals surface area contributed by atoms with E-state index in [2.05, 4.69) is 5.32 Å². The molecular weight excluding hydrogens is 286 g/mol. The highest BCUT2D eigenvalue weighted by Crippen LogP contribution is 2.26. The Morgan fingerprint density at radius 3 is 2.84 bits per heavy atom. The Kier molecular flexibility index (Phi) is 4.63. The Balaban J connectivity index is 1.89. The van der Waals surface area contributed by atoms with E-state index in [4.69, 9.17) is 16.0 Å². The number of carbonyl (C=O) groups is 1. The minimum absolute atomic E-state index is 0.123. The number of thiophene rings is 1. The van der Waals surface area contributed by atoms with Crippen molar-refractivity contribution in [2.75, 3.05) is 6.54 Å². The molecule has 2 N–H and O–H groups in total. The smallest absolute Gasteiger partial charge is 0.287 e. The number of halogens is 1. The molecule has 1 amide bonds. The van der Waals surface area contributed by atoms with Crippen LogP contribution in [0.15, 0.2) is 28.7 Å². The van der Waals surface area contributed by atoms with E-state index >= 15 is 0 Å². The average molecular weight is 300 g/mol. The van der Waals surface area contributed by atoms with E-state index in [0.29, 0.717) is 4.34 Å². The van der Waals surface area contributed by atoms with Gasteiger partial charge in [0, 0.05) is 17.8 Å². The van der Waals surface area contributed by atoms with Gasteiger partial charge in [-0.1, -0.05) is 18.5 Å². The van der Waals surface area contributed by atoms with Crippen LogP contribution in [0.25, 0.3) is 0 Å². The second kappa shape index (κ2) is 6.23. The van der Waals surface area contributed by atoms with E-state index in [9.17, 15) is 9.90 Å². The Hall–Kier alpha value is -1.30. The molecular formula is C13H14ClNO3S. The molecule has 0 fully saturated rings. The second-order valence-electron chi connectivity index (χ2n) is 3.99. The predicted octanol–water partition coefficient (Wildman–Crippen LogP) is 3.02. The summed E-state index contributed by atoms with van der Waals surface area (Å²) >= 11 is 7.08. The van der Waals surface area contributed by atoms with Gasteiger partial charge in [-0.25, -0.2) is 0 Å². The maximum Gasteiger partial charge on any atom is 0.287 e. The quantitative estimate of drug-likeness (QED) is 0.892. The lowest BCUT2D eigenvalue weighted by molar-refractivity contribution is 0.0889. The number of carbonyl (C=O) groups excluding carboxylic acids is 1. The molecule has 4 nitrogen and oxygen atoms in total. The first-order chi connectivity index (χ1) is 9.10. The third-order valence-corrected chi connectivity index (χ3v) is 3.94. The van der Waals surface area contributed by atoms with Crippen molar-refractivity contribution in [3.8, 4) is 0 Å². The monoisotopic (exact) mass is 299 g/mol. The van der Waals surface area contributed by atoms with Crippen molar-refractivity contribution in [1.29, 1.82) is 0 Å². The van der Waals surface area contributed by atoms with Crippen LogP contribution in [0.5, 0.6) is 0 Å². The van der Waals surface area contributed by atoms with Gasteiger partial charge < -0.3 is 14.8 Å². The first-order valence-electron chi connectivity index (χ1n) is 5.90. The molecule has 6 heteroatoms. The number of nitrogens with one attached hydrogen (secondary N) is 1. The minimum atomic E-state index is -0.762. The third kappa shape index (κ3) is 3.59. The molecule has 0 aliphatic carbocycles. The summed E-state index contributed by atoms with van der Waals surface area (Å²) in [6, 6.07) is 6.85. The summed E-state index contributed by atoms with van der Waals surface area (Å²) in [5.41, 5.74) is 0. The van der Waals surface area contributed by atoms with Crippen molar-refractivity contribution in [3.05, 3.63) is 45.0 Å². The van der Waals surface area contributed by atoms with Gasteiger partial charge in [0.15, 0.2) is 5.76 Å². The molecule has 0 saturated heterocycles. The first-order valence-corrected chi connectivity index (χ1v) is 7.09. The molecule has 0 bridgehead atoms. The Bertz CT molecular complexity index is 564.